The summed E-state index contributed by atoms with van der Waals surface area (Å²) in [6.45, 7) is 5.68. The molecular formula is C16H22N2O2. The molecule has 1 saturated heterocycles. The van der Waals surface area contributed by atoms with Crippen molar-refractivity contribution in [3.8, 4) is 0 Å². The minimum atomic E-state index is -0.0195. The Bertz CT molecular complexity index is 482. The van der Waals surface area contributed by atoms with E-state index < -0.39 is 0 Å². The number of hydrogen-bond donors (Lipinski definition) is 1. The van der Waals surface area contributed by atoms with Crippen LogP contribution in [0.15, 0.2) is 24.3 Å². The van der Waals surface area contributed by atoms with Crippen LogP contribution in [0.5, 0.6) is 0 Å². The van der Waals surface area contributed by atoms with Gasteiger partial charge in [-0.3, -0.25) is 9.59 Å². The molecule has 2 rings (SSSR count). The van der Waals surface area contributed by atoms with Gasteiger partial charge in [-0.1, -0.05) is 13.8 Å². The second kappa shape index (κ2) is 6.55. The summed E-state index contributed by atoms with van der Waals surface area (Å²) in [6, 6.07) is 7.14. The minimum Gasteiger partial charge on any atom is -0.338 e. The lowest BCUT2D eigenvalue weighted by atomic mass is 9.99. The molecule has 1 fully saturated rings. The summed E-state index contributed by atoms with van der Waals surface area (Å²) in [6.07, 6.45) is 2.73. The largest absolute Gasteiger partial charge is 0.338 e. The van der Waals surface area contributed by atoms with Gasteiger partial charge in [-0.05, 0) is 43.0 Å². The summed E-state index contributed by atoms with van der Waals surface area (Å²) < 4.78 is 0. The zero-order valence-electron chi connectivity index (χ0n) is 12.2. The molecule has 0 radical (unpaired) electrons. The van der Waals surface area contributed by atoms with Crippen LogP contribution < -0.4 is 5.32 Å². The van der Waals surface area contributed by atoms with Crippen molar-refractivity contribution in [1.29, 1.82) is 0 Å². The van der Waals surface area contributed by atoms with Gasteiger partial charge in [-0.25, -0.2) is 0 Å². The first-order valence-corrected chi connectivity index (χ1v) is 7.29. The summed E-state index contributed by atoms with van der Waals surface area (Å²) >= 11 is 0. The monoisotopic (exact) mass is 274 g/mol. The van der Waals surface area contributed by atoms with Gasteiger partial charge >= 0.3 is 0 Å². The second-order valence-corrected chi connectivity index (χ2v) is 5.48. The maximum Gasteiger partial charge on any atom is 0.253 e. The molecule has 2 amide bonds. The number of benzene rings is 1. The van der Waals surface area contributed by atoms with Gasteiger partial charge in [0.15, 0.2) is 0 Å². The fourth-order valence-corrected chi connectivity index (χ4v) is 2.50. The van der Waals surface area contributed by atoms with Crippen LogP contribution in [0.1, 0.15) is 43.5 Å². The Labute approximate surface area is 120 Å². The molecule has 1 aliphatic heterocycles. The highest BCUT2D eigenvalue weighted by Gasteiger charge is 2.21. The van der Waals surface area contributed by atoms with E-state index in [1.807, 2.05) is 11.8 Å². The average molecular weight is 274 g/mol. The average Bonchev–Trinajstić information content (AvgIpc) is 2.47. The van der Waals surface area contributed by atoms with Crippen LogP contribution in [-0.4, -0.2) is 29.8 Å². The summed E-state index contributed by atoms with van der Waals surface area (Å²) in [5.74, 6) is 0.648. The second-order valence-electron chi connectivity index (χ2n) is 5.48. The van der Waals surface area contributed by atoms with E-state index in [0.717, 1.165) is 25.2 Å². The lowest BCUT2D eigenvalue weighted by Crippen LogP contribution is -2.39. The van der Waals surface area contributed by atoms with Crippen LogP contribution in [-0.2, 0) is 4.79 Å². The maximum atomic E-state index is 12.4. The number of amides is 2. The van der Waals surface area contributed by atoms with Gasteiger partial charge in [0.05, 0.1) is 0 Å². The molecule has 0 aliphatic carbocycles. The van der Waals surface area contributed by atoms with Crippen LogP contribution in [0.4, 0.5) is 5.69 Å². The Morgan fingerprint density at radius 1 is 1.30 bits per heavy atom. The molecule has 20 heavy (non-hydrogen) atoms. The van der Waals surface area contributed by atoms with Crippen LogP contribution in [0.3, 0.4) is 0 Å². The van der Waals surface area contributed by atoms with E-state index in [0.29, 0.717) is 17.9 Å². The van der Waals surface area contributed by atoms with E-state index in [9.17, 15) is 9.59 Å². The topological polar surface area (TPSA) is 49.4 Å². The first kappa shape index (κ1) is 14.6. The minimum absolute atomic E-state index is 0.0195. The quantitative estimate of drug-likeness (QED) is 0.921. The number of nitrogens with zero attached hydrogens (tertiary/aromatic N) is 1. The fourth-order valence-electron chi connectivity index (χ4n) is 2.50. The molecule has 1 aromatic carbocycles. The number of anilines is 1. The third-order valence-corrected chi connectivity index (χ3v) is 3.68. The molecule has 0 spiro atoms. The molecule has 4 heteroatoms. The first-order valence-electron chi connectivity index (χ1n) is 7.29. The third kappa shape index (κ3) is 3.59. The molecule has 1 heterocycles. The van der Waals surface area contributed by atoms with Gasteiger partial charge in [0, 0.05) is 30.8 Å². The summed E-state index contributed by atoms with van der Waals surface area (Å²) in [5, 5.41) is 2.78. The van der Waals surface area contributed by atoms with Crippen LogP contribution in [0, 0.1) is 5.92 Å². The molecule has 108 valence electrons. The number of nitrogens with one attached hydrogen (secondary N) is 1. The SMILES string of the molecule is CCC(=O)Nc1ccc(C(=O)N2CCCC(C)C2)cc1. The van der Waals surface area contributed by atoms with Gasteiger partial charge in [0.2, 0.25) is 5.91 Å². The first-order chi connectivity index (χ1) is 9.60. The highest BCUT2D eigenvalue weighted by atomic mass is 16.2. The molecule has 1 aromatic rings. The van der Waals surface area contributed by atoms with E-state index in [1.54, 1.807) is 24.3 Å². The van der Waals surface area contributed by atoms with Crippen molar-refractivity contribution < 1.29 is 9.59 Å². The van der Waals surface area contributed by atoms with E-state index >= 15 is 0 Å². The summed E-state index contributed by atoms with van der Waals surface area (Å²) in [5.41, 5.74) is 1.43. The molecule has 0 aromatic heterocycles. The molecular weight excluding hydrogens is 252 g/mol. The van der Waals surface area contributed by atoms with Crippen molar-refractivity contribution in [2.45, 2.75) is 33.1 Å². The third-order valence-electron chi connectivity index (χ3n) is 3.68. The predicted octanol–water partition coefficient (Wildman–Crippen LogP) is 2.91. The van der Waals surface area contributed by atoms with Crippen molar-refractivity contribution in [2.24, 2.45) is 5.92 Å². The zero-order valence-corrected chi connectivity index (χ0v) is 12.2. The van der Waals surface area contributed by atoms with Crippen LogP contribution >= 0.6 is 0 Å². The number of likely N-dealkylation sites (tertiary alicyclic amines) is 1. The van der Waals surface area contributed by atoms with Gasteiger partial charge in [0.1, 0.15) is 0 Å². The normalized spacial score (nSPS) is 18.7. The zero-order chi connectivity index (χ0) is 14.5. The highest BCUT2D eigenvalue weighted by molar-refractivity contribution is 5.95. The van der Waals surface area contributed by atoms with Gasteiger partial charge < -0.3 is 10.2 Å². The Morgan fingerprint density at radius 2 is 2.00 bits per heavy atom. The number of hydrogen-bond acceptors (Lipinski definition) is 2. The number of carbonyl (C=O) groups is 2. The van der Waals surface area contributed by atoms with Crippen molar-refractivity contribution in [1.82, 2.24) is 4.90 Å². The maximum absolute atomic E-state index is 12.4. The molecule has 1 atom stereocenters. The number of piperidine rings is 1. The van der Waals surface area contributed by atoms with Gasteiger partial charge in [0.25, 0.3) is 5.91 Å². The summed E-state index contributed by atoms with van der Waals surface area (Å²) in [7, 11) is 0. The fraction of sp³-hybridized carbons (Fsp3) is 0.500. The van der Waals surface area contributed by atoms with Crippen molar-refractivity contribution in [3.63, 3.8) is 0 Å². The predicted molar refractivity (Wildman–Crippen MR) is 79.7 cm³/mol. The molecule has 1 aliphatic rings. The summed E-state index contributed by atoms with van der Waals surface area (Å²) in [4.78, 5) is 25.6. The smallest absolute Gasteiger partial charge is 0.253 e. The van der Waals surface area contributed by atoms with Crippen molar-refractivity contribution in [3.05, 3.63) is 29.8 Å². The number of rotatable bonds is 3. The van der Waals surface area contributed by atoms with Crippen LogP contribution in [0.2, 0.25) is 0 Å². The Hall–Kier alpha value is -1.84. The lowest BCUT2D eigenvalue weighted by molar-refractivity contribution is -0.115. The van der Waals surface area contributed by atoms with E-state index in [2.05, 4.69) is 12.2 Å². The van der Waals surface area contributed by atoms with Gasteiger partial charge in [-0.15, -0.1) is 0 Å². The Morgan fingerprint density at radius 3 is 2.60 bits per heavy atom. The van der Waals surface area contributed by atoms with Crippen molar-refractivity contribution >= 4 is 17.5 Å². The van der Waals surface area contributed by atoms with Gasteiger partial charge in [-0.2, -0.15) is 0 Å². The standard InChI is InChI=1S/C16H22N2O2/c1-3-15(19)17-14-8-6-13(7-9-14)16(20)18-10-4-5-12(2)11-18/h6-9,12H,3-5,10-11H2,1-2H3,(H,17,19). The lowest BCUT2D eigenvalue weighted by Gasteiger charge is -2.31. The molecule has 1 unspecified atom stereocenters. The Balaban J connectivity index is 2.01. The molecule has 4 nitrogen and oxygen atoms in total. The number of carbonyl (C=O) groups excluding carboxylic acids is 2. The van der Waals surface area contributed by atoms with Crippen molar-refractivity contribution in [2.75, 3.05) is 18.4 Å². The molecule has 1 N–H and O–H groups in total. The van der Waals surface area contributed by atoms with Crippen LogP contribution in [0.25, 0.3) is 0 Å². The van der Waals surface area contributed by atoms with E-state index in [1.165, 1.54) is 6.42 Å². The van der Waals surface area contributed by atoms with E-state index in [4.69, 9.17) is 0 Å². The molecule has 0 saturated carbocycles. The van der Waals surface area contributed by atoms with E-state index in [-0.39, 0.29) is 11.8 Å². The molecule has 0 bridgehead atoms. The Kier molecular flexibility index (Phi) is 4.77. The highest BCUT2D eigenvalue weighted by Crippen LogP contribution is 2.19.